The lowest BCUT2D eigenvalue weighted by Crippen LogP contribution is -2.51. The van der Waals surface area contributed by atoms with Gasteiger partial charge in [-0.1, -0.05) is 35.6 Å². The van der Waals surface area contributed by atoms with Gasteiger partial charge in [0.25, 0.3) is 5.91 Å². The van der Waals surface area contributed by atoms with Crippen LogP contribution in [-0.2, 0) is 12.8 Å². The first kappa shape index (κ1) is 19.4. The summed E-state index contributed by atoms with van der Waals surface area (Å²) in [6.45, 7) is 6.90. The smallest absolute Gasteiger partial charge is 0.265 e. The van der Waals surface area contributed by atoms with Crippen molar-refractivity contribution in [2.45, 2.75) is 51.6 Å². The predicted molar refractivity (Wildman–Crippen MR) is 115 cm³/mol. The number of amides is 1. The summed E-state index contributed by atoms with van der Waals surface area (Å²) in [5, 5.41) is 4.06. The second-order valence-corrected chi connectivity index (χ2v) is 9.00. The summed E-state index contributed by atoms with van der Waals surface area (Å²) >= 11 is 1.48. The number of aromatic nitrogens is 1. The van der Waals surface area contributed by atoms with Crippen molar-refractivity contribution in [1.29, 1.82) is 0 Å². The van der Waals surface area contributed by atoms with Crippen molar-refractivity contribution in [3.8, 4) is 0 Å². The number of rotatable bonds is 5. The van der Waals surface area contributed by atoms with Crippen LogP contribution in [-0.4, -0.2) is 59.5 Å². The van der Waals surface area contributed by atoms with E-state index in [4.69, 9.17) is 0 Å². The molecule has 4 rings (SSSR count). The Labute approximate surface area is 171 Å². The third-order valence-corrected chi connectivity index (χ3v) is 7.26. The van der Waals surface area contributed by atoms with Gasteiger partial charge in [0.15, 0.2) is 5.13 Å². The zero-order valence-corrected chi connectivity index (χ0v) is 17.9. The van der Waals surface area contributed by atoms with Gasteiger partial charge < -0.3 is 10.2 Å². The predicted octanol–water partition coefficient (Wildman–Crippen LogP) is 3.59. The number of nitrogens with one attached hydrogen (secondary N) is 1. The van der Waals surface area contributed by atoms with Crippen LogP contribution in [0.5, 0.6) is 0 Å². The molecule has 0 bridgehead atoms. The van der Waals surface area contributed by atoms with E-state index in [1.165, 1.54) is 22.5 Å². The van der Waals surface area contributed by atoms with Crippen LogP contribution in [0.2, 0.25) is 0 Å². The number of fused-ring (bicyclic) bond motifs is 1. The number of thiazole rings is 1. The van der Waals surface area contributed by atoms with E-state index in [0.717, 1.165) is 61.0 Å². The minimum atomic E-state index is 0.112. The van der Waals surface area contributed by atoms with E-state index in [9.17, 15) is 4.79 Å². The Kier molecular flexibility index (Phi) is 5.69. The van der Waals surface area contributed by atoms with Crippen molar-refractivity contribution in [3.63, 3.8) is 0 Å². The molecule has 0 spiro atoms. The number of carbonyl (C=O) groups is 1. The van der Waals surface area contributed by atoms with Crippen LogP contribution in [0.15, 0.2) is 24.3 Å². The Bertz CT molecular complexity index is 824. The van der Waals surface area contributed by atoms with Gasteiger partial charge in [-0.2, -0.15) is 0 Å². The fourth-order valence-electron chi connectivity index (χ4n) is 4.57. The number of nitrogens with zero attached hydrogens (tertiary/aromatic N) is 3. The van der Waals surface area contributed by atoms with Gasteiger partial charge in [-0.25, -0.2) is 4.98 Å². The highest BCUT2D eigenvalue weighted by Gasteiger charge is 2.33. The third kappa shape index (κ3) is 3.80. The SMILES string of the molecule is CCNc1nc(C)c(C(=O)N(C)[C@@H]2CCCN(C3Cc4ccccc4C3)C2)s1. The average molecular weight is 399 g/mol. The van der Waals surface area contributed by atoms with Crippen molar-refractivity contribution in [2.24, 2.45) is 0 Å². The van der Waals surface area contributed by atoms with E-state index in [0.29, 0.717) is 6.04 Å². The van der Waals surface area contributed by atoms with Crippen LogP contribution in [0, 0.1) is 6.92 Å². The minimum absolute atomic E-state index is 0.112. The molecule has 1 aliphatic carbocycles. The number of aryl methyl sites for hydroxylation is 1. The number of likely N-dealkylation sites (N-methyl/N-ethyl adjacent to an activating group) is 1. The second-order valence-electron chi connectivity index (χ2n) is 8.00. The topological polar surface area (TPSA) is 48.5 Å². The maximum Gasteiger partial charge on any atom is 0.265 e. The van der Waals surface area contributed by atoms with Gasteiger partial charge in [-0.15, -0.1) is 0 Å². The molecule has 2 aromatic rings. The maximum absolute atomic E-state index is 13.1. The molecule has 0 saturated carbocycles. The molecule has 1 aromatic heterocycles. The fraction of sp³-hybridized carbons (Fsp3) is 0.545. The summed E-state index contributed by atoms with van der Waals surface area (Å²) < 4.78 is 0. The lowest BCUT2D eigenvalue weighted by atomic mass is 10.0. The van der Waals surface area contributed by atoms with Gasteiger partial charge in [0.2, 0.25) is 0 Å². The highest BCUT2D eigenvalue weighted by molar-refractivity contribution is 7.17. The molecule has 0 unspecified atom stereocenters. The van der Waals surface area contributed by atoms with Crippen LogP contribution >= 0.6 is 11.3 Å². The molecule has 28 heavy (non-hydrogen) atoms. The normalized spacial score (nSPS) is 20.2. The average Bonchev–Trinajstić information content (AvgIpc) is 3.30. The summed E-state index contributed by atoms with van der Waals surface area (Å²) in [6.07, 6.45) is 4.51. The van der Waals surface area contributed by atoms with E-state index in [-0.39, 0.29) is 11.9 Å². The molecular weight excluding hydrogens is 368 g/mol. The van der Waals surface area contributed by atoms with Gasteiger partial charge in [-0.3, -0.25) is 9.69 Å². The second kappa shape index (κ2) is 8.21. The molecule has 2 heterocycles. The summed E-state index contributed by atoms with van der Waals surface area (Å²) in [7, 11) is 1.96. The highest BCUT2D eigenvalue weighted by Crippen LogP contribution is 2.29. The molecule has 1 amide bonds. The number of anilines is 1. The monoisotopic (exact) mass is 398 g/mol. The molecule has 0 radical (unpaired) electrons. The molecule has 6 heteroatoms. The molecule has 1 fully saturated rings. The number of benzene rings is 1. The van der Waals surface area contributed by atoms with Crippen LogP contribution in [0.4, 0.5) is 5.13 Å². The van der Waals surface area contributed by atoms with Crippen molar-refractivity contribution in [2.75, 3.05) is 32.0 Å². The summed E-state index contributed by atoms with van der Waals surface area (Å²) in [6, 6.07) is 9.67. The molecule has 1 saturated heterocycles. The number of carbonyl (C=O) groups excluding carboxylic acids is 1. The molecule has 5 nitrogen and oxygen atoms in total. The first-order chi connectivity index (χ1) is 13.6. The van der Waals surface area contributed by atoms with E-state index in [2.05, 4.69) is 39.5 Å². The number of likely N-dealkylation sites (tertiary alicyclic amines) is 1. The Morgan fingerprint density at radius 1 is 1.32 bits per heavy atom. The van der Waals surface area contributed by atoms with Crippen molar-refractivity contribution >= 4 is 22.4 Å². The van der Waals surface area contributed by atoms with E-state index >= 15 is 0 Å². The van der Waals surface area contributed by atoms with E-state index in [1.54, 1.807) is 0 Å². The van der Waals surface area contributed by atoms with Gasteiger partial charge in [0.1, 0.15) is 4.88 Å². The lowest BCUT2D eigenvalue weighted by molar-refractivity contribution is 0.0559. The Balaban J connectivity index is 1.42. The Hall–Kier alpha value is -1.92. The Morgan fingerprint density at radius 2 is 2.04 bits per heavy atom. The first-order valence-electron chi connectivity index (χ1n) is 10.4. The van der Waals surface area contributed by atoms with Gasteiger partial charge in [0.05, 0.1) is 5.69 Å². The van der Waals surface area contributed by atoms with Gasteiger partial charge >= 0.3 is 0 Å². The number of hydrogen-bond acceptors (Lipinski definition) is 5. The van der Waals surface area contributed by atoms with Gasteiger partial charge in [-0.05, 0) is 57.2 Å². The molecule has 1 aliphatic heterocycles. The quantitative estimate of drug-likeness (QED) is 0.836. The zero-order chi connectivity index (χ0) is 19.7. The van der Waals surface area contributed by atoms with Crippen molar-refractivity contribution in [3.05, 3.63) is 46.0 Å². The van der Waals surface area contributed by atoms with Crippen molar-refractivity contribution in [1.82, 2.24) is 14.8 Å². The van der Waals surface area contributed by atoms with Crippen LogP contribution in [0.1, 0.15) is 46.3 Å². The molecule has 1 atom stereocenters. The molecule has 2 aliphatic rings. The molecule has 1 N–H and O–H groups in total. The molecule has 1 aromatic carbocycles. The first-order valence-corrected chi connectivity index (χ1v) is 11.2. The van der Waals surface area contributed by atoms with E-state index in [1.807, 2.05) is 25.8 Å². The summed E-state index contributed by atoms with van der Waals surface area (Å²) in [5.41, 5.74) is 3.82. The third-order valence-electron chi connectivity index (χ3n) is 6.16. The van der Waals surface area contributed by atoms with Crippen LogP contribution < -0.4 is 5.32 Å². The zero-order valence-electron chi connectivity index (χ0n) is 17.1. The van der Waals surface area contributed by atoms with E-state index < -0.39 is 0 Å². The standard InChI is InChI=1S/C22H30N4OS/c1-4-23-22-24-15(2)20(28-22)21(27)25(3)18-10-7-11-26(14-18)19-12-16-8-5-6-9-17(16)13-19/h5-6,8-9,18-19H,4,7,10-14H2,1-3H3,(H,23,24)/t18-/m1/s1. The highest BCUT2D eigenvalue weighted by atomic mass is 32.1. The lowest BCUT2D eigenvalue weighted by Gasteiger charge is -2.40. The fourth-order valence-corrected chi connectivity index (χ4v) is 5.59. The molecule has 150 valence electrons. The van der Waals surface area contributed by atoms with Crippen molar-refractivity contribution < 1.29 is 4.79 Å². The van der Waals surface area contributed by atoms with Crippen LogP contribution in [0.3, 0.4) is 0 Å². The summed E-state index contributed by atoms with van der Waals surface area (Å²) in [4.78, 5) is 23.0. The largest absolute Gasteiger partial charge is 0.362 e. The van der Waals surface area contributed by atoms with Gasteiger partial charge in [0, 0.05) is 32.2 Å². The number of hydrogen-bond donors (Lipinski definition) is 1. The van der Waals surface area contributed by atoms with Crippen LogP contribution in [0.25, 0.3) is 0 Å². The Morgan fingerprint density at radius 3 is 2.71 bits per heavy atom. The maximum atomic E-state index is 13.1. The molecular formula is C22H30N4OS. The number of piperidine rings is 1. The summed E-state index contributed by atoms with van der Waals surface area (Å²) in [5.74, 6) is 0.112. The minimum Gasteiger partial charge on any atom is -0.362 e.